The van der Waals surface area contributed by atoms with Crippen LogP contribution in [0.2, 0.25) is 0 Å². The molecule has 1 saturated heterocycles. The number of carbonyl (C=O) groups is 2. The Hall–Kier alpha value is -4.06. The summed E-state index contributed by atoms with van der Waals surface area (Å²) in [5.41, 5.74) is 3.49. The number of Topliss-reactive ketones (excluding diaryl/α,β-unsaturated/α-hetero) is 1. The zero-order valence-corrected chi connectivity index (χ0v) is 20.5. The standard InChI is InChI=1S/C29H29NO5/c1-17(2)35-23-8-6-7-20(16-23)26-25(27(31)24-15-18(3)9-10-19(24)4)28(32)29(33)30(26)21-11-13-22(34-5)14-12-21/h6-17,26,31H,1-5H3/b27-25+. The van der Waals surface area contributed by atoms with E-state index in [-0.39, 0.29) is 17.4 Å². The number of ether oxygens (including phenoxy) is 2. The predicted octanol–water partition coefficient (Wildman–Crippen LogP) is 5.73. The van der Waals surface area contributed by atoms with Crippen molar-refractivity contribution in [3.05, 3.63) is 94.6 Å². The normalized spacial score (nSPS) is 17.2. The van der Waals surface area contributed by atoms with Gasteiger partial charge in [-0.25, -0.2) is 0 Å². The number of aryl methyl sites for hydroxylation is 2. The zero-order chi connectivity index (χ0) is 25.3. The van der Waals surface area contributed by atoms with Gasteiger partial charge in [0, 0.05) is 11.3 Å². The van der Waals surface area contributed by atoms with E-state index >= 15 is 0 Å². The topological polar surface area (TPSA) is 76.1 Å². The predicted molar refractivity (Wildman–Crippen MR) is 136 cm³/mol. The Balaban J connectivity index is 1.95. The van der Waals surface area contributed by atoms with Gasteiger partial charge in [0.05, 0.1) is 24.8 Å². The summed E-state index contributed by atoms with van der Waals surface area (Å²) < 4.78 is 11.1. The van der Waals surface area contributed by atoms with E-state index < -0.39 is 17.7 Å². The van der Waals surface area contributed by atoms with E-state index in [1.54, 1.807) is 31.4 Å². The second-order valence-electron chi connectivity index (χ2n) is 8.92. The van der Waals surface area contributed by atoms with Gasteiger partial charge in [0.25, 0.3) is 11.7 Å². The smallest absolute Gasteiger partial charge is 0.300 e. The molecule has 0 aromatic heterocycles. The van der Waals surface area contributed by atoms with Gasteiger partial charge in [-0.05, 0) is 81.3 Å². The van der Waals surface area contributed by atoms with Crippen LogP contribution < -0.4 is 14.4 Å². The number of rotatable bonds is 6. The lowest BCUT2D eigenvalue weighted by molar-refractivity contribution is -0.132. The van der Waals surface area contributed by atoms with Crippen LogP contribution in [0.5, 0.6) is 11.5 Å². The number of aliphatic hydroxyl groups is 1. The molecule has 1 unspecified atom stereocenters. The molecule has 1 amide bonds. The monoisotopic (exact) mass is 471 g/mol. The largest absolute Gasteiger partial charge is 0.507 e. The molecule has 0 radical (unpaired) electrons. The fourth-order valence-electron chi connectivity index (χ4n) is 4.32. The van der Waals surface area contributed by atoms with Crippen LogP contribution in [0.1, 0.15) is 42.1 Å². The first-order valence-electron chi connectivity index (χ1n) is 11.5. The van der Waals surface area contributed by atoms with E-state index in [0.717, 1.165) is 11.1 Å². The lowest BCUT2D eigenvalue weighted by Crippen LogP contribution is -2.29. The second-order valence-corrected chi connectivity index (χ2v) is 8.92. The summed E-state index contributed by atoms with van der Waals surface area (Å²) in [4.78, 5) is 28.2. The zero-order valence-electron chi connectivity index (χ0n) is 20.5. The molecule has 1 fully saturated rings. The second kappa shape index (κ2) is 9.66. The molecule has 1 atom stereocenters. The molecular weight excluding hydrogens is 442 g/mol. The Morgan fingerprint density at radius 3 is 2.31 bits per heavy atom. The van der Waals surface area contributed by atoms with Gasteiger partial charge in [-0.1, -0.05) is 29.8 Å². The molecule has 1 heterocycles. The van der Waals surface area contributed by atoms with Crippen LogP contribution in [0.4, 0.5) is 5.69 Å². The van der Waals surface area contributed by atoms with Crippen molar-refractivity contribution in [2.24, 2.45) is 0 Å². The molecular formula is C29H29NO5. The van der Waals surface area contributed by atoms with Crippen molar-refractivity contribution in [1.29, 1.82) is 0 Å². The van der Waals surface area contributed by atoms with E-state index in [1.165, 1.54) is 4.90 Å². The quantitative estimate of drug-likeness (QED) is 0.282. The van der Waals surface area contributed by atoms with Gasteiger partial charge in [0.2, 0.25) is 0 Å². The van der Waals surface area contributed by atoms with Crippen LogP contribution in [-0.2, 0) is 9.59 Å². The number of methoxy groups -OCH3 is 1. The van der Waals surface area contributed by atoms with E-state index in [4.69, 9.17) is 9.47 Å². The first kappa shape index (κ1) is 24.1. The van der Waals surface area contributed by atoms with E-state index in [1.807, 2.05) is 70.2 Å². The van der Waals surface area contributed by atoms with Crippen molar-refractivity contribution < 1.29 is 24.2 Å². The molecule has 1 aliphatic rings. The van der Waals surface area contributed by atoms with Crippen LogP contribution in [-0.4, -0.2) is 30.0 Å². The molecule has 0 bridgehead atoms. The van der Waals surface area contributed by atoms with Gasteiger partial charge < -0.3 is 14.6 Å². The Morgan fingerprint density at radius 1 is 0.943 bits per heavy atom. The van der Waals surface area contributed by atoms with E-state index in [0.29, 0.717) is 28.3 Å². The summed E-state index contributed by atoms with van der Waals surface area (Å²) in [6.45, 7) is 7.63. The minimum atomic E-state index is -0.834. The summed E-state index contributed by atoms with van der Waals surface area (Å²) in [6.07, 6.45) is -0.0480. The van der Waals surface area contributed by atoms with Crippen LogP contribution in [0.15, 0.2) is 72.3 Å². The van der Waals surface area contributed by atoms with Crippen LogP contribution >= 0.6 is 0 Å². The SMILES string of the molecule is COc1ccc(N2C(=O)C(=O)/C(=C(/O)c3cc(C)ccc3C)C2c2cccc(OC(C)C)c2)cc1. The summed E-state index contributed by atoms with van der Waals surface area (Å²) in [7, 11) is 1.56. The third kappa shape index (κ3) is 4.64. The van der Waals surface area contributed by atoms with Gasteiger partial charge in [0.1, 0.15) is 17.3 Å². The number of nitrogens with zero attached hydrogens (tertiary/aromatic N) is 1. The molecule has 6 nitrogen and oxygen atoms in total. The molecule has 0 saturated carbocycles. The molecule has 3 aromatic carbocycles. The Kier molecular flexibility index (Phi) is 6.65. The molecule has 1 N–H and O–H groups in total. The van der Waals surface area contributed by atoms with E-state index in [2.05, 4.69) is 0 Å². The Morgan fingerprint density at radius 2 is 1.66 bits per heavy atom. The minimum Gasteiger partial charge on any atom is -0.507 e. The van der Waals surface area contributed by atoms with Crippen LogP contribution in [0.25, 0.3) is 5.76 Å². The van der Waals surface area contributed by atoms with Crippen LogP contribution in [0.3, 0.4) is 0 Å². The van der Waals surface area contributed by atoms with Crippen molar-refractivity contribution in [3.8, 4) is 11.5 Å². The van der Waals surface area contributed by atoms with Crippen molar-refractivity contribution in [1.82, 2.24) is 0 Å². The number of hydrogen-bond donors (Lipinski definition) is 1. The molecule has 0 aliphatic carbocycles. The Labute approximate surface area is 205 Å². The fourth-order valence-corrected chi connectivity index (χ4v) is 4.32. The minimum absolute atomic E-state index is 0.0428. The van der Waals surface area contributed by atoms with Crippen molar-refractivity contribution >= 4 is 23.1 Å². The number of carbonyl (C=O) groups excluding carboxylic acids is 2. The number of ketones is 1. The number of amides is 1. The highest BCUT2D eigenvalue weighted by Gasteiger charge is 2.47. The van der Waals surface area contributed by atoms with Gasteiger partial charge in [0.15, 0.2) is 0 Å². The lowest BCUT2D eigenvalue weighted by Gasteiger charge is -2.26. The van der Waals surface area contributed by atoms with E-state index in [9.17, 15) is 14.7 Å². The van der Waals surface area contributed by atoms with Gasteiger partial charge in [-0.2, -0.15) is 0 Å². The van der Waals surface area contributed by atoms with Crippen molar-refractivity contribution in [3.63, 3.8) is 0 Å². The van der Waals surface area contributed by atoms with Crippen molar-refractivity contribution in [2.45, 2.75) is 39.8 Å². The molecule has 35 heavy (non-hydrogen) atoms. The average Bonchev–Trinajstić information content (AvgIpc) is 3.10. The molecule has 6 heteroatoms. The summed E-state index contributed by atoms with van der Waals surface area (Å²) >= 11 is 0. The number of hydrogen-bond acceptors (Lipinski definition) is 5. The highest BCUT2D eigenvalue weighted by atomic mass is 16.5. The lowest BCUT2D eigenvalue weighted by atomic mass is 9.93. The molecule has 3 aromatic rings. The van der Waals surface area contributed by atoms with Crippen molar-refractivity contribution in [2.75, 3.05) is 12.0 Å². The third-order valence-electron chi connectivity index (χ3n) is 5.99. The van der Waals surface area contributed by atoms with Crippen LogP contribution in [0, 0.1) is 13.8 Å². The average molecular weight is 472 g/mol. The summed E-state index contributed by atoms with van der Waals surface area (Å²) in [5, 5.41) is 11.4. The number of anilines is 1. The first-order valence-corrected chi connectivity index (χ1v) is 11.5. The maximum atomic E-state index is 13.4. The molecule has 180 valence electrons. The molecule has 4 rings (SSSR count). The first-order chi connectivity index (χ1) is 16.7. The van der Waals surface area contributed by atoms with Gasteiger partial charge in [-0.3, -0.25) is 14.5 Å². The maximum Gasteiger partial charge on any atom is 0.300 e. The highest BCUT2D eigenvalue weighted by molar-refractivity contribution is 6.51. The molecule has 0 spiro atoms. The number of aliphatic hydroxyl groups excluding tert-OH is 1. The Bertz CT molecular complexity index is 1310. The summed E-state index contributed by atoms with van der Waals surface area (Å²) in [6, 6.07) is 19.0. The third-order valence-corrected chi connectivity index (χ3v) is 5.99. The number of benzene rings is 3. The highest BCUT2D eigenvalue weighted by Crippen LogP contribution is 2.43. The van der Waals surface area contributed by atoms with Gasteiger partial charge in [-0.15, -0.1) is 0 Å². The fraction of sp³-hybridized carbons (Fsp3) is 0.241. The summed E-state index contributed by atoms with van der Waals surface area (Å²) in [5.74, 6) is -0.392. The maximum absolute atomic E-state index is 13.4. The molecule has 1 aliphatic heterocycles. The van der Waals surface area contributed by atoms with Gasteiger partial charge >= 0.3 is 0 Å².